The van der Waals surface area contributed by atoms with Gasteiger partial charge in [0.05, 0.1) is 16.2 Å². The molecule has 0 aliphatic heterocycles. The van der Waals surface area contributed by atoms with Gasteiger partial charge in [-0.15, -0.1) is 0 Å². The first kappa shape index (κ1) is 13.8. The van der Waals surface area contributed by atoms with Crippen LogP contribution in [0.5, 0.6) is 0 Å². The molecule has 0 aliphatic rings. The Morgan fingerprint density at radius 3 is 2.43 bits per heavy atom. The van der Waals surface area contributed by atoms with Crippen LogP contribution in [0, 0.1) is 13.8 Å². The van der Waals surface area contributed by atoms with Crippen LogP contribution in [0.1, 0.15) is 16.7 Å². The van der Waals surface area contributed by atoms with E-state index >= 15 is 0 Å². The highest BCUT2D eigenvalue weighted by atomic mass is 35.5. The molecular formula is C19H16ClN. The van der Waals surface area contributed by atoms with Crippen molar-refractivity contribution in [3.05, 3.63) is 70.8 Å². The van der Waals surface area contributed by atoms with Gasteiger partial charge < -0.3 is 0 Å². The van der Waals surface area contributed by atoms with E-state index in [2.05, 4.69) is 37.8 Å². The number of halogens is 1. The number of hydrogen-bond donors (Lipinski definition) is 0. The van der Waals surface area contributed by atoms with Crippen molar-refractivity contribution in [2.75, 3.05) is 0 Å². The highest BCUT2D eigenvalue weighted by Gasteiger charge is 2.12. The van der Waals surface area contributed by atoms with E-state index in [0.29, 0.717) is 0 Å². The predicted molar refractivity (Wildman–Crippen MR) is 91.8 cm³/mol. The van der Waals surface area contributed by atoms with Gasteiger partial charge in [0.15, 0.2) is 0 Å². The topological polar surface area (TPSA) is 12.9 Å². The van der Waals surface area contributed by atoms with Crippen LogP contribution in [-0.4, -0.2) is 4.98 Å². The van der Waals surface area contributed by atoms with E-state index in [1.165, 1.54) is 5.56 Å². The summed E-state index contributed by atoms with van der Waals surface area (Å²) in [5, 5.41) is 1.75. The lowest BCUT2D eigenvalue weighted by atomic mass is 10.0. The zero-order chi connectivity index (χ0) is 15.0. The first-order chi connectivity index (χ1) is 10.1. The minimum atomic E-state index is 0.770. The predicted octanol–water partition coefficient (Wildman–Crippen LogP) is 5.82. The summed E-state index contributed by atoms with van der Waals surface area (Å²) in [4.78, 5) is 4.81. The Kier molecular flexibility index (Phi) is 3.52. The maximum atomic E-state index is 6.54. The van der Waals surface area contributed by atoms with Gasteiger partial charge in [-0.05, 0) is 31.0 Å². The van der Waals surface area contributed by atoms with Gasteiger partial charge in [0.2, 0.25) is 0 Å². The van der Waals surface area contributed by atoms with E-state index < -0.39 is 0 Å². The average Bonchev–Trinajstić information content (AvgIpc) is 2.51. The largest absolute Gasteiger partial charge is 0.247 e. The van der Waals surface area contributed by atoms with Crippen molar-refractivity contribution in [2.24, 2.45) is 0 Å². The number of pyridine rings is 1. The molecule has 0 N–H and O–H groups in total. The van der Waals surface area contributed by atoms with Gasteiger partial charge in [-0.1, -0.05) is 66.2 Å². The maximum Gasteiger partial charge on any atom is 0.0753 e. The van der Waals surface area contributed by atoms with Gasteiger partial charge >= 0.3 is 0 Å². The Morgan fingerprint density at radius 2 is 1.76 bits per heavy atom. The summed E-state index contributed by atoms with van der Waals surface area (Å²) < 4.78 is 0. The molecule has 0 amide bonds. The molecule has 0 atom stereocenters. The fraction of sp³-hybridized carbons (Fsp3) is 0.105. The van der Waals surface area contributed by atoms with Crippen LogP contribution in [0.3, 0.4) is 0 Å². The third kappa shape index (κ3) is 2.45. The van der Waals surface area contributed by atoms with Gasteiger partial charge in [-0.2, -0.15) is 0 Å². The van der Waals surface area contributed by atoms with Crippen molar-refractivity contribution in [3.8, 4) is 11.3 Å². The summed E-state index contributed by atoms with van der Waals surface area (Å²) >= 11 is 6.54. The van der Waals surface area contributed by atoms with E-state index in [-0.39, 0.29) is 0 Å². The summed E-state index contributed by atoms with van der Waals surface area (Å²) in [7, 11) is 0. The molecular weight excluding hydrogens is 278 g/mol. The number of benzene rings is 2. The SMILES string of the molecule is C=Cc1ccc2c(Cl)c(C)c(-c3ccc(C)cc3)nc2c1. The Balaban J connectivity index is 2.29. The molecule has 0 spiro atoms. The first-order valence-corrected chi connectivity index (χ1v) is 7.27. The van der Waals surface area contributed by atoms with Gasteiger partial charge in [0.25, 0.3) is 0 Å². The van der Waals surface area contributed by atoms with E-state index in [1.807, 2.05) is 31.2 Å². The van der Waals surface area contributed by atoms with E-state index in [4.69, 9.17) is 16.6 Å². The summed E-state index contributed by atoms with van der Waals surface area (Å²) in [5.41, 5.74) is 6.22. The van der Waals surface area contributed by atoms with Crippen molar-refractivity contribution in [1.29, 1.82) is 0 Å². The lowest BCUT2D eigenvalue weighted by molar-refractivity contribution is 1.32. The molecule has 1 heterocycles. The second-order valence-corrected chi connectivity index (χ2v) is 5.62. The molecule has 0 fully saturated rings. The Morgan fingerprint density at radius 1 is 1.05 bits per heavy atom. The smallest absolute Gasteiger partial charge is 0.0753 e. The molecule has 1 aromatic heterocycles. The van der Waals surface area contributed by atoms with E-state index in [0.717, 1.165) is 38.3 Å². The number of nitrogens with zero attached hydrogens (tertiary/aromatic N) is 1. The quantitative estimate of drug-likeness (QED) is 0.580. The maximum absolute atomic E-state index is 6.54. The van der Waals surface area contributed by atoms with E-state index in [9.17, 15) is 0 Å². The zero-order valence-electron chi connectivity index (χ0n) is 12.2. The summed E-state index contributed by atoms with van der Waals surface area (Å²) in [6.07, 6.45) is 1.82. The van der Waals surface area contributed by atoms with Crippen molar-refractivity contribution >= 4 is 28.6 Å². The molecule has 1 nitrogen and oxygen atoms in total. The minimum absolute atomic E-state index is 0.770. The molecule has 0 aliphatic carbocycles. The second-order valence-electron chi connectivity index (χ2n) is 5.25. The molecule has 21 heavy (non-hydrogen) atoms. The molecule has 2 heteroatoms. The molecule has 3 aromatic rings. The van der Waals surface area contributed by atoms with Gasteiger partial charge in [-0.3, -0.25) is 0 Å². The number of hydrogen-bond acceptors (Lipinski definition) is 1. The van der Waals surface area contributed by atoms with Crippen molar-refractivity contribution in [3.63, 3.8) is 0 Å². The van der Waals surface area contributed by atoms with Crippen LogP contribution in [0.4, 0.5) is 0 Å². The first-order valence-electron chi connectivity index (χ1n) is 6.89. The molecule has 2 aromatic carbocycles. The fourth-order valence-corrected chi connectivity index (χ4v) is 2.71. The van der Waals surface area contributed by atoms with Gasteiger partial charge in [0, 0.05) is 10.9 Å². The van der Waals surface area contributed by atoms with Crippen LogP contribution >= 0.6 is 11.6 Å². The summed E-state index contributed by atoms with van der Waals surface area (Å²) in [5.74, 6) is 0. The summed E-state index contributed by atoms with van der Waals surface area (Å²) in [6, 6.07) is 14.4. The number of aromatic nitrogens is 1. The van der Waals surface area contributed by atoms with Crippen molar-refractivity contribution in [1.82, 2.24) is 4.98 Å². The highest BCUT2D eigenvalue weighted by molar-refractivity contribution is 6.36. The van der Waals surface area contributed by atoms with Crippen molar-refractivity contribution in [2.45, 2.75) is 13.8 Å². The van der Waals surface area contributed by atoms with Crippen LogP contribution in [0.2, 0.25) is 5.02 Å². The number of aryl methyl sites for hydroxylation is 1. The molecule has 0 saturated heterocycles. The monoisotopic (exact) mass is 293 g/mol. The molecule has 104 valence electrons. The molecule has 3 rings (SSSR count). The van der Waals surface area contributed by atoms with Crippen LogP contribution in [0.25, 0.3) is 28.2 Å². The second kappa shape index (κ2) is 5.34. The molecule has 0 radical (unpaired) electrons. The minimum Gasteiger partial charge on any atom is -0.247 e. The van der Waals surface area contributed by atoms with E-state index in [1.54, 1.807) is 0 Å². The standard InChI is InChI=1S/C19H16ClN/c1-4-14-7-10-16-17(11-14)21-19(13(3)18(16)20)15-8-5-12(2)6-9-15/h4-11H,1H2,2-3H3. The lowest BCUT2D eigenvalue weighted by Crippen LogP contribution is -1.93. The number of fused-ring (bicyclic) bond motifs is 1. The Bertz CT molecular complexity index is 832. The third-order valence-electron chi connectivity index (χ3n) is 3.74. The van der Waals surface area contributed by atoms with Gasteiger partial charge in [-0.25, -0.2) is 4.98 Å². The molecule has 0 bridgehead atoms. The normalized spacial score (nSPS) is 10.8. The third-order valence-corrected chi connectivity index (χ3v) is 4.22. The lowest BCUT2D eigenvalue weighted by Gasteiger charge is -2.11. The number of rotatable bonds is 2. The van der Waals surface area contributed by atoms with Crippen LogP contribution < -0.4 is 0 Å². The Labute approximate surface area is 129 Å². The zero-order valence-corrected chi connectivity index (χ0v) is 12.9. The van der Waals surface area contributed by atoms with Crippen molar-refractivity contribution < 1.29 is 0 Å². The summed E-state index contributed by atoms with van der Waals surface area (Å²) in [6.45, 7) is 7.90. The van der Waals surface area contributed by atoms with Crippen LogP contribution in [0.15, 0.2) is 49.0 Å². The van der Waals surface area contributed by atoms with Crippen LogP contribution in [-0.2, 0) is 0 Å². The van der Waals surface area contributed by atoms with Gasteiger partial charge in [0.1, 0.15) is 0 Å². The molecule has 0 unspecified atom stereocenters. The average molecular weight is 294 g/mol. The fourth-order valence-electron chi connectivity index (χ4n) is 2.46. The Hall–Kier alpha value is -2.12. The molecule has 0 saturated carbocycles. The highest BCUT2D eigenvalue weighted by Crippen LogP contribution is 2.33.